The van der Waals surface area contributed by atoms with Crippen molar-refractivity contribution in [1.29, 1.82) is 0 Å². The maximum Gasteiger partial charge on any atom is 0.306 e. The maximum absolute atomic E-state index is 12.8. The zero-order chi connectivity index (χ0) is 47.2. The van der Waals surface area contributed by atoms with Gasteiger partial charge in [-0.1, -0.05) is 212 Å². The molecule has 362 valence electrons. The van der Waals surface area contributed by atoms with E-state index < -0.39 is 6.10 Å². The van der Waals surface area contributed by atoms with Gasteiger partial charge in [0.25, 0.3) is 0 Å². The number of ether oxygens (including phenoxy) is 3. The highest BCUT2D eigenvalue weighted by Crippen LogP contribution is 2.13. The Bertz CT molecular complexity index is 1490. The number of hydrogen-bond donors (Lipinski definition) is 0. The first-order valence-corrected chi connectivity index (χ1v) is 25.4. The molecule has 0 aromatic carbocycles. The van der Waals surface area contributed by atoms with Gasteiger partial charge in [-0.15, -0.1) is 0 Å². The summed E-state index contributed by atoms with van der Waals surface area (Å²) in [7, 11) is 0. The van der Waals surface area contributed by atoms with E-state index in [2.05, 4.69) is 130 Å². The van der Waals surface area contributed by atoms with Gasteiger partial charge in [0.1, 0.15) is 13.2 Å². The lowest BCUT2D eigenvalue weighted by Crippen LogP contribution is -2.30. The van der Waals surface area contributed by atoms with Crippen LogP contribution in [0.1, 0.15) is 188 Å². The number of carbonyl (C=O) groups is 3. The van der Waals surface area contributed by atoms with E-state index in [9.17, 15) is 14.4 Å². The lowest BCUT2D eigenvalue weighted by Gasteiger charge is -2.18. The molecule has 0 N–H and O–H groups in total. The molecule has 1 atom stereocenters. The summed E-state index contributed by atoms with van der Waals surface area (Å²) in [5.41, 5.74) is 0. The Morgan fingerprint density at radius 3 is 1.06 bits per heavy atom. The second-order valence-corrected chi connectivity index (χ2v) is 16.1. The molecule has 6 heteroatoms. The molecule has 0 bridgehead atoms. The summed E-state index contributed by atoms with van der Waals surface area (Å²) in [6, 6.07) is 0. The minimum absolute atomic E-state index is 0.120. The van der Waals surface area contributed by atoms with Gasteiger partial charge < -0.3 is 14.2 Å². The molecule has 0 fully saturated rings. The summed E-state index contributed by atoms with van der Waals surface area (Å²) in [4.78, 5) is 38.0. The number of esters is 3. The highest BCUT2D eigenvalue weighted by molar-refractivity contribution is 5.71. The van der Waals surface area contributed by atoms with Crippen molar-refractivity contribution in [2.45, 2.75) is 194 Å². The van der Waals surface area contributed by atoms with Crippen molar-refractivity contribution in [1.82, 2.24) is 0 Å². The molecule has 6 nitrogen and oxygen atoms in total. The second-order valence-electron chi connectivity index (χ2n) is 16.1. The fourth-order valence-electron chi connectivity index (χ4n) is 6.24. The number of hydrogen-bond acceptors (Lipinski definition) is 6. The van der Waals surface area contributed by atoms with Crippen molar-refractivity contribution in [2.24, 2.45) is 0 Å². The average molecular weight is 895 g/mol. The molecule has 0 aliphatic carbocycles. The Labute approximate surface area is 397 Å². The minimum Gasteiger partial charge on any atom is -0.462 e. The Kier molecular flexibility index (Phi) is 48.2. The predicted octanol–water partition coefficient (Wildman–Crippen LogP) is 16.9. The molecule has 0 spiro atoms. The maximum atomic E-state index is 12.8. The highest BCUT2D eigenvalue weighted by atomic mass is 16.6. The van der Waals surface area contributed by atoms with E-state index in [1.807, 2.05) is 36.5 Å². The van der Waals surface area contributed by atoms with E-state index >= 15 is 0 Å². The van der Waals surface area contributed by atoms with Crippen LogP contribution in [0.2, 0.25) is 0 Å². The summed E-state index contributed by atoms with van der Waals surface area (Å²) in [5, 5.41) is 0. The van der Waals surface area contributed by atoms with Crippen LogP contribution >= 0.6 is 0 Å². The Balaban J connectivity index is 4.54. The van der Waals surface area contributed by atoms with Crippen molar-refractivity contribution < 1.29 is 28.6 Å². The average Bonchev–Trinajstić information content (AvgIpc) is 3.30. The molecule has 0 radical (unpaired) electrons. The van der Waals surface area contributed by atoms with Gasteiger partial charge in [0.05, 0.1) is 0 Å². The van der Waals surface area contributed by atoms with Gasteiger partial charge in [-0.05, 0) is 103 Å². The van der Waals surface area contributed by atoms with Crippen molar-refractivity contribution in [2.75, 3.05) is 13.2 Å². The van der Waals surface area contributed by atoms with Crippen LogP contribution in [-0.2, 0) is 28.6 Å². The summed E-state index contributed by atoms with van der Waals surface area (Å²) in [5.74, 6) is -1.01. The van der Waals surface area contributed by atoms with Crippen molar-refractivity contribution in [3.8, 4) is 0 Å². The molecular weight excluding hydrogens is 805 g/mol. The van der Waals surface area contributed by atoms with Gasteiger partial charge in [-0.25, -0.2) is 0 Å². The molecule has 0 rings (SSSR count). The topological polar surface area (TPSA) is 78.9 Å². The van der Waals surface area contributed by atoms with Gasteiger partial charge >= 0.3 is 17.9 Å². The van der Waals surface area contributed by atoms with Gasteiger partial charge in [-0.3, -0.25) is 14.4 Å². The zero-order valence-electron chi connectivity index (χ0n) is 41.2. The molecule has 0 heterocycles. The van der Waals surface area contributed by atoms with Crippen LogP contribution in [0.3, 0.4) is 0 Å². The lowest BCUT2D eigenvalue weighted by atomic mass is 10.1. The third-order valence-electron chi connectivity index (χ3n) is 9.98. The standard InChI is InChI=1S/C59H90O6/c1-4-7-10-13-16-19-22-25-27-28-29-30-32-34-37-40-43-46-49-52-58(61)64-55-56(54-63-57(60)51-48-45-42-39-36-33-24-21-18-15-12-9-6-3)65-59(62)53-50-47-44-41-38-35-31-26-23-20-17-14-11-8-5-2/h7-12,14-21,23-25,27,29-30,33-34,36-37,56H,4-6,13,22,26,28,31-32,35,38-55H2,1-3H3/b10-7+,11-8+,12-9+,17-14+,18-15+,19-16+,23-20+,24-21+,27-25+,30-29+,36-33+,37-34+. The molecule has 1 unspecified atom stereocenters. The number of carbonyl (C=O) groups excluding carboxylic acids is 3. The monoisotopic (exact) mass is 895 g/mol. The number of allylic oxidation sites excluding steroid dienone is 24. The summed E-state index contributed by atoms with van der Waals surface area (Å²) < 4.78 is 16.7. The van der Waals surface area contributed by atoms with Crippen LogP contribution in [0, 0.1) is 0 Å². The van der Waals surface area contributed by atoms with E-state index in [4.69, 9.17) is 14.2 Å². The first kappa shape index (κ1) is 60.3. The molecule has 65 heavy (non-hydrogen) atoms. The highest BCUT2D eigenvalue weighted by Gasteiger charge is 2.19. The van der Waals surface area contributed by atoms with E-state index in [0.29, 0.717) is 19.3 Å². The Morgan fingerprint density at radius 2 is 0.631 bits per heavy atom. The molecule has 0 aromatic rings. The van der Waals surface area contributed by atoms with Crippen LogP contribution in [0.4, 0.5) is 0 Å². The van der Waals surface area contributed by atoms with Crippen molar-refractivity contribution >= 4 is 17.9 Å². The summed E-state index contributed by atoms with van der Waals surface area (Å²) >= 11 is 0. The summed E-state index contributed by atoms with van der Waals surface area (Å²) in [6.45, 7) is 6.15. The molecule has 0 saturated heterocycles. The first-order chi connectivity index (χ1) is 32.0. The zero-order valence-corrected chi connectivity index (χ0v) is 41.2. The SMILES string of the molecule is CC/C=C/C=C/C=C/C=C/CCCCCC(=O)OCC(COC(=O)CCCCC/C=C/C/C=C/C/C=C/C/C=C/C/C=C/CC)OC(=O)CCCCCCCCC/C=C/C=C/C=C/CC. The molecule has 0 aromatic heterocycles. The minimum atomic E-state index is -0.821. The molecule has 0 saturated carbocycles. The van der Waals surface area contributed by atoms with Crippen LogP contribution in [0.15, 0.2) is 146 Å². The van der Waals surface area contributed by atoms with Gasteiger partial charge in [-0.2, -0.15) is 0 Å². The second kappa shape index (κ2) is 51.9. The van der Waals surface area contributed by atoms with E-state index in [1.54, 1.807) is 0 Å². The van der Waals surface area contributed by atoms with Crippen molar-refractivity contribution in [3.05, 3.63) is 146 Å². The van der Waals surface area contributed by atoms with Gasteiger partial charge in [0.2, 0.25) is 0 Å². The third-order valence-corrected chi connectivity index (χ3v) is 9.98. The quantitative estimate of drug-likeness (QED) is 0.0199. The molecule has 0 aliphatic rings. The van der Waals surface area contributed by atoms with E-state index in [-0.39, 0.29) is 31.1 Å². The third kappa shape index (κ3) is 50.2. The molecular formula is C59H90O6. The number of rotatable bonds is 43. The first-order valence-electron chi connectivity index (χ1n) is 25.4. The van der Waals surface area contributed by atoms with Gasteiger partial charge in [0, 0.05) is 19.3 Å². The largest absolute Gasteiger partial charge is 0.462 e. The van der Waals surface area contributed by atoms with Crippen LogP contribution < -0.4 is 0 Å². The van der Waals surface area contributed by atoms with Crippen LogP contribution in [-0.4, -0.2) is 37.2 Å². The molecule has 0 aliphatic heterocycles. The summed E-state index contributed by atoms with van der Waals surface area (Å²) in [6.07, 6.45) is 74.0. The smallest absolute Gasteiger partial charge is 0.306 e. The lowest BCUT2D eigenvalue weighted by molar-refractivity contribution is -0.167. The van der Waals surface area contributed by atoms with E-state index in [1.165, 1.54) is 19.3 Å². The van der Waals surface area contributed by atoms with Crippen LogP contribution in [0.25, 0.3) is 0 Å². The predicted molar refractivity (Wildman–Crippen MR) is 279 cm³/mol. The fraction of sp³-hybridized carbons (Fsp3) is 0.542. The number of unbranched alkanes of at least 4 members (excludes halogenated alkanes) is 13. The Hall–Kier alpha value is -4.71. The van der Waals surface area contributed by atoms with Crippen molar-refractivity contribution in [3.63, 3.8) is 0 Å². The normalized spacial score (nSPS) is 13.3. The van der Waals surface area contributed by atoms with E-state index in [0.717, 1.165) is 128 Å². The Morgan fingerprint density at radius 1 is 0.323 bits per heavy atom. The molecule has 0 amide bonds. The van der Waals surface area contributed by atoms with Crippen LogP contribution in [0.5, 0.6) is 0 Å². The van der Waals surface area contributed by atoms with Gasteiger partial charge in [0.15, 0.2) is 6.10 Å². The fourth-order valence-corrected chi connectivity index (χ4v) is 6.24.